The maximum absolute atomic E-state index is 9.81. The van der Waals surface area contributed by atoms with Gasteiger partial charge in [-0.15, -0.1) is 6.58 Å². The summed E-state index contributed by atoms with van der Waals surface area (Å²) in [7, 11) is 0. The van der Waals surface area contributed by atoms with Gasteiger partial charge in [0, 0.05) is 0 Å². The van der Waals surface area contributed by atoms with Crippen LogP contribution in [0.25, 0.3) is 0 Å². The Morgan fingerprint density at radius 3 is 2.73 bits per heavy atom. The average molecular weight is 204 g/mol. The molecule has 0 aromatic heterocycles. The molecule has 1 atom stereocenters. The lowest BCUT2D eigenvalue weighted by Gasteiger charge is -2.11. The minimum absolute atomic E-state index is 0.408. The van der Waals surface area contributed by atoms with Crippen molar-refractivity contribution < 1.29 is 5.11 Å². The molecule has 0 spiro atoms. The molecule has 1 aromatic carbocycles. The van der Waals surface area contributed by atoms with E-state index in [1.54, 1.807) is 6.08 Å². The van der Waals surface area contributed by atoms with E-state index in [1.165, 1.54) is 5.56 Å². The van der Waals surface area contributed by atoms with Crippen molar-refractivity contribution in [3.05, 3.63) is 48.0 Å². The molecule has 0 heterocycles. The molecule has 0 bridgehead atoms. The van der Waals surface area contributed by atoms with E-state index in [9.17, 15) is 5.11 Å². The molecule has 1 heteroatoms. The normalized spacial score (nSPS) is 12.8. The van der Waals surface area contributed by atoms with Crippen LogP contribution in [0.4, 0.5) is 0 Å². The van der Waals surface area contributed by atoms with E-state index in [0.717, 1.165) is 12.0 Å². The summed E-state index contributed by atoms with van der Waals surface area (Å²) in [5, 5.41) is 9.81. The van der Waals surface area contributed by atoms with E-state index >= 15 is 0 Å². The molecule has 15 heavy (non-hydrogen) atoms. The van der Waals surface area contributed by atoms with Crippen LogP contribution >= 0.6 is 0 Å². The maximum Gasteiger partial charge on any atom is 0.0824 e. The monoisotopic (exact) mass is 204 g/mol. The van der Waals surface area contributed by atoms with Gasteiger partial charge in [-0.05, 0) is 29.9 Å². The van der Waals surface area contributed by atoms with Gasteiger partial charge in [-0.3, -0.25) is 0 Å². The van der Waals surface area contributed by atoms with Gasteiger partial charge >= 0.3 is 0 Å². The van der Waals surface area contributed by atoms with Crippen LogP contribution in [-0.4, -0.2) is 5.11 Å². The van der Waals surface area contributed by atoms with Crippen LogP contribution in [0.3, 0.4) is 0 Å². The highest BCUT2D eigenvalue weighted by molar-refractivity contribution is 5.25. The Kier molecular flexibility index (Phi) is 4.57. The third kappa shape index (κ3) is 3.88. The summed E-state index contributed by atoms with van der Waals surface area (Å²) in [5.41, 5.74) is 2.29. The predicted molar refractivity (Wildman–Crippen MR) is 64.8 cm³/mol. The van der Waals surface area contributed by atoms with E-state index < -0.39 is 6.10 Å². The van der Waals surface area contributed by atoms with E-state index in [-0.39, 0.29) is 0 Å². The summed E-state index contributed by atoms with van der Waals surface area (Å²) >= 11 is 0. The van der Waals surface area contributed by atoms with Crippen molar-refractivity contribution >= 4 is 0 Å². The molecule has 0 saturated heterocycles. The highest BCUT2D eigenvalue weighted by Crippen LogP contribution is 2.19. The Bertz CT molecular complexity index is 315. The molecule has 1 aromatic rings. The molecule has 0 aliphatic rings. The van der Waals surface area contributed by atoms with E-state index in [0.29, 0.717) is 12.3 Å². The van der Waals surface area contributed by atoms with E-state index in [4.69, 9.17) is 0 Å². The van der Waals surface area contributed by atoms with Crippen LogP contribution < -0.4 is 0 Å². The number of aliphatic hydroxyl groups is 1. The first-order valence-electron chi connectivity index (χ1n) is 5.51. The second-order valence-electron chi connectivity index (χ2n) is 4.38. The fourth-order valence-electron chi connectivity index (χ4n) is 1.69. The highest BCUT2D eigenvalue weighted by atomic mass is 16.3. The van der Waals surface area contributed by atoms with Crippen molar-refractivity contribution in [2.24, 2.45) is 5.92 Å². The van der Waals surface area contributed by atoms with Gasteiger partial charge in [0.1, 0.15) is 0 Å². The summed E-state index contributed by atoms with van der Waals surface area (Å²) < 4.78 is 0. The molecule has 1 nitrogen and oxygen atoms in total. The lowest BCUT2D eigenvalue weighted by molar-refractivity contribution is 0.181. The van der Waals surface area contributed by atoms with Crippen LogP contribution in [0.5, 0.6) is 0 Å². The van der Waals surface area contributed by atoms with Crippen molar-refractivity contribution in [1.29, 1.82) is 0 Å². The van der Waals surface area contributed by atoms with Gasteiger partial charge in [-0.2, -0.15) is 0 Å². The lowest BCUT2D eigenvalue weighted by Crippen LogP contribution is -1.99. The summed E-state index contributed by atoms with van der Waals surface area (Å²) in [6, 6.07) is 8.19. The lowest BCUT2D eigenvalue weighted by atomic mass is 9.98. The van der Waals surface area contributed by atoms with Crippen molar-refractivity contribution in [2.45, 2.75) is 32.8 Å². The Morgan fingerprint density at radius 1 is 1.40 bits per heavy atom. The Morgan fingerprint density at radius 2 is 2.13 bits per heavy atom. The average Bonchev–Trinajstić information content (AvgIpc) is 2.17. The third-order valence-corrected chi connectivity index (χ3v) is 2.37. The second kappa shape index (κ2) is 5.72. The molecule has 1 N–H and O–H groups in total. The number of hydrogen-bond acceptors (Lipinski definition) is 1. The molecule has 0 radical (unpaired) electrons. The van der Waals surface area contributed by atoms with Gasteiger partial charge in [-0.1, -0.05) is 44.2 Å². The van der Waals surface area contributed by atoms with Crippen LogP contribution in [0.1, 0.15) is 37.5 Å². The molecule has 0 amide bonds. The van der Waals surface area contributed by atoms with E-state index in [1.807, 2.05) is 12.1 Å². The zero-order chi connectivity index (χ0) is 11.3. The molecule has 0 aliphatic heterocycles. The van der Waals surface area contributed by atoms with Gasteiger partial charge in [0.2, 0.25) is 0 Å². The standard InChI is InChI=1S/C14H20O/c1-4-6-14(15)13-8-5-7-12(10-13)9-11(2)3/h4-5,7-8,10-11,14-15H,1,6,9H2,2-3H3. The first-order chi connectivity index (χ1) is 7.13. The van der Waals surface area contributed by atoms with E-state index in [2.05, 4.69) is 32.6 Å². The Labute approximate surface area is 92.5 Å². The zero-order valence-corrected chi connectivity index (χ0v) is 9.61. The minimum atomic E-state index is -0.408. The van der Waals surface area contributed by atoms with Crippen LogP contribution in [0.15, 0.2) is 36.9 Å². The minimum Gasteiger partial charge on any atom is -0.388 e. The van der Waals surface area contributed by atoms with Crippen molar-refractivity contribution in [3.63, 3.8) is 0 Å². The zero-order valence-electron chi connectivity index (χ0n) is 9.61. The van der Waals surface area contributed by atoms with Gasteiger partial charge in [0.25, 0.3) is 0 Å². The molecule has 0 aliphatic carbocycles. The predicted octanol–water partition coefficient (Wildman–Crippen LogP) is 3.49. The summed E-state index contributed by atoms with van der Waals surface area (Å²) in [6.45, 7) is 8.04. The van der Waals surface area contributed by atoms with Crippen molar-refractivity contribution in [1.82, 2.24) is 0 Å². The number of aliphatic hydroxyl groups excluding tert-OH is 1. The van der Waals surface area contributed by atoms with Crippen LogP contribution in [-0.2, 0) is 6.42 Å². The van der Waals surface area contributed by atoms with Gasteiger partial charge in [0.05, 0.1) is 6.10 Å². The molecule has 1 unspecified atom stereocenters. The summed E-state index contributed by atoms with van der Waals surface area (Å²) in [5.74, 6) is 0.650. The molecular weight excluding hydrogens is 184 g/mol. The molecule has 0 fully saturated rings. The Balaban J connectivity index is 2.77. The third-order valence-electron chi connectivity index (χ3n) is 2.37. The first kappa shape index (κ1) is 12.0. The molecule has 0 saturated carbocycles. The van der Waals surface area contributed by atoms with Crippen LogP contribution in [0.2, 0.25) is 0 Å². The maximum atomic E-state index is 9.81. The highest BCUT2D eigenvalue weighted by Gasteiger charge is 2.06. The van der Waals surface area contributed by atoms with Gasteiger partial charge < -0.3 is 5.11 Å². The fraction of sp³-hybridized carbons (Fsp3) is 0.429. The van der Waals surface area contributed by atoms with Crippen molar-refractivity contribution in [2.75, 3.05) is 0 Å². The summed E-state index contributed by atoms with van der Waals surface area (Å²) in [4.78, 5) is 0. The number of hydrogen-bond donors (Lipinski definition) is 1. The number of rotatable bonds is 5. The van der Waals surface area contributed by atoms with Gasteiger partial charge in [0.15, 0.2) is 0 Å². The largest absolute Gasteiger partial charge is 0.388 e. The topological polar surface area (TPSA) is 20.2 Å². The first-order valence-corrected chi connectivity index (χ1v) is 5.51. The van der Waals surface area contributed by atoms with Gasteiger partial charge in [-0.25, -0.2) is 0 Å². The fourth-order valence-corrected chi connectivity index (χ4v) is 1.69. The van der Waals surface area contributed by atoms with Crippen molar-refractivity contribution in [3.8, 4) is 0 Å². The molecule has 1 rings (SSSR count). The molecule has 82 valence electrons. The summed E-state index contributed by atoms with van der Waals surface area (Å²) in [6.07, 6.45) is 3.02. The number of benzene rings is 1. The smallest absolute Gasteiger partial charge is 0.0824 e. The quantitative estimate of drug-likeness (QED) is 0.728. The molecular formula is C14H20O. The van der Waals surface area contributed by atoms with Crippen LogP contribution in [0, 0.1) is 5.92 Å². The Hall–Kier alpha value is -1.08. The second-order valence-corrected chi connectivity index (χ2v) is 4.38. The SMILES string of the molecule is C=CCC(O)c1cccc(CC(C)C)c1.